The van der Waals surface area contributed by atoms with Gasteiger partial charge in [-0.15, -0.1) is 0 Å². The number of fused-ring (bicyclic) bond motifs is 3. The number of anilines is 1. The minimum atomic E-state index is -0.119. The van der Waals surface area contributed by atoms with E-state index in [0.29, 0.717) is 0 Å². The number of carbonyl (C=O) groups excluding carboxylic acids is 1. The average Bonchev–Trinajstić information content (AvgIpc) is 3.06. The first-order valence-electron chi connectivity index (χ1n) is 10.4. The first-order chi connectivity index (χ1) is 13.6. The molecule has 0 bridgehead atoms. The molecule has 4 rings (SSSR count). The number of amides is 1. The molecule has 1 aliphatic rings. The number of likely N-dealkylation sites (N-methyl/N-ethyl adjacent to an activating group) is 1. The first kappa shape index (κ1) is 19.0. The Labute approximate surface area is 166 Å². The molecule has 0 spiro atoms. The number of benzene rings is 2. The Morgan fingerprint density at radius 2 is 1.68 bits per heavy atom. The molecule has 2 aromatic carbocycles. The van der Waals surface area contributed by atoms with Gasteiger partial charge in [-0.25, -0.2) is 0 Å². The maximum atomic E-state index is 12.9. The maximum absolute atomic E-state index is 12.9. The van der Waals surface area contributed by atoms with Crippen molar-refractivity contribution in [2.24, 2.45) is 0 Å². The topological polar surface area (TPSA) is 40.5 Å². The van der Waals surface area contributed by atoms with E-state index in [-0.39, 0.29) is 11.9 Å². The van der Waals surface area contributed by atoms with E-state index in [9.17, 15) is 4.79 Å². The maximum Gasteiger partial charge on any atom is 0.241 e. The molecular formula is C23H30N4O. The predicted octanol–water partition coefficient (Wildman–Crippen LogP) is 3.78. The molecule has 0 saturated carbocycles. The zero-order valence-electron chi connectivity index (χ0n) is 17.1. The summed E-state index contributed by atoms with van der Waals surface area (Å²) in [5, 5.41) is 5.57. The van der Waals surface area contributed by atoms with Crippen molar-refractivity contribution in [2.75, 3.05) is 38.0 Å². The van der Waals surface area contributed by atoms with Gasteiger partial charge in [0.05, 0.1) is 6.04 Å². The van der Waals surface area contributed by atoms with Crippen molar-refractivity contribution in [1.29, 1.82) is 0 Å². The molecule has 0 radical (unpaired) electrons. The second kappa shape index (κ2) is 7.94. The lowest BCUT2D eigenvalue weighted by atomic mass is 10.1. The van der Waals surface area contributed by atoms with E-state index in [0.717, 1.165) is 45.0 Å². The molecule has 148 valence electrons. The van der Waals surface area contributed by atoms with Crippen molar-refractivity contribution in [3.8, 4) is 0 Å². The summed E-state index contributed by atoms with van der Waals surface area (Å²) in [5.74, 6) is 0.0727. The Balaban J connectivity index is 1.55. The lowest BCUT2D eigenvalue weighted by Gasteiger charge is -2.36. The molecule has 1 fully saturated rings. The molecule has 5 heteroatoms. The fourth-order valence-electron chi connectivity index (χ4n) is 4.35. The number of aromatic nitrogens is 1. The molecule has 0 aliphatic carbocycles. The number of nitrogens with one attached hydrogen (secondary N) is 1. The van der Waals surface area contributed by atoms with Gasteiger partial charge in [0.1, 0.15) is 0 Å². The number of para-hydroxylation sites is 1. The largest absolute Gasteiger partial charge is 0.341 e. The van der Waals surface area contributed by atoms with E-state index in [2.05, 4.69) is 69.9 Å². The second-order valence-electron chi connectivity index (χ2n) is 7.63. The van der Waals surface area contributed by atoms with Crippen LogP contribution in [0.1, 0.15) is 20.8 Å². The van der Waals surface area contributed by atoms with Gasteiger partial charge < -0.3 is 14.8 Å². The number of carbonyl (C=O) groups is 1. The van der Waals surface area contributed by atoms with Gasteiger partial charge in [-0.3, -0.25) is 9.69 Å². The summed E-state index contributed by atoms with van der Waals surface area (Å²) in [5.41, 5.74) is 3.33. The molecule has 1 aromatic heterocycles. The highest BCUT2D eigenvalue weighted by atomic mass is 16.2. The molecule has 1 unspecified atom stereocenters. The van der Waals surface area contributed by atoms with E-state index in [1.165, 1.54) is 21.8 Å². The number of hydrogen-bond donors (Lipinski definition) is 1. The predicted molar refractivity (Wildman–Crippen MR) is 117 cm³/mol. The summed E-state index contributed by atoms with van der Waals surface area (Å²) in [6, 6.07) is 14.6. The molecule has 28 heavy (non-hydrogen) atoms. The molecule has 3 aromatic rings. The van der Waals surface area contributed by atoms with E-state index < -0.39 is 0 Å². The number of hydrogen-bond acceptors (Lipinski definition) is 3. The summed E-state index contributed by atoms with van der Waals surface area (Å²) in [6.45, 7) is 12.4. The summed E-state index contributed by atoms with van der Waals surface area (Å²) >= 11 is 0. The van der Waals surface area contributed by atoms with Crippen molar-refractivity contribution in [1.82, 2.24) is 14.4 Å². The summed E-state index contributed by atoms with van der Waals surface area (Å²) < 4.78 is 2.33. The van der Waals surface area contributed by atoms with Gasteiger partial charge in [0.25, 0.3) is 0 Å². The Kier molecular flexibility index (Phi) is 5.38. The van der Waals surface area contributed by atoms with Crippen molar-refractivity contribution in [3.63, 3.8) is 0 Å². The van der Waals surface area contributed by atoms with Gasteiger partial charge in [-0.2, -0.15) is 0 Å². The third-order valence-corrected chi connectivity index (χ3v) is 6.14. The van der Waals surface area contributed by atoms with Crippen LogP contribution in [0.25, 0.3) is 21.8 Å². The molecule has 2 heterocycles. The molecule has 1 aliphatic heterocycles. The Morgan fingerprint density at radius 3 is 2.39 bits per heavy atom. The average molecular weight is 379 g/mol. The SMILES string of the molecule is CCN1CCN(C(C)C(=O)Nc2ccc3c(c2)c2ccccc2n3CC)CC1. The van der Waals surface area contributed by atoms with Crippen LogP contribution in [0.4, 0.5) is 5.69 Å². The number of nitrogens with zero attached hydrogens (tertiary/aromatic N) is 3. The first-order valence-corrected chi connectivity index (χ1v) is 10.4. The van der Waals surface area contributed by atoms with Crippen LogP contribution in [0.2, 0.25) is 0 Å². The molecule has 1 amide bonds. The fourth-order valence-corrected chi connectivity index (χ4v) is 4.35. The minimum Gasteiger partial charge on any atom is -0.341 e. The lowest BCUT2D eigenvalue weighted by molar-refractivity contribution is -0.121. The molecule has 1 N–H and O–H groups in total. The van der Waals surface area contributed by atoms with Crippen molar-refractivity contribution in [3.05, 3.63) is 42.5 Å². The number of aryl methyl sites for hydroxylation is 1. The van der Waals surface area contributed by atoms with Crippen LogP contribution in [0.3, 0.4) is 0 Å². The monoisotopic (exact) mass is 378 g/mol. The van der Waals surface area contributed by atoms with Crippen LogP contribution >= 0.6 is 0 Å². The van der Waals surface area contributed by atoms with E-state index in [4.69, 9.17) is 0 Å². The molecular weight excluding hydrogens is 348 g/mol. The van der Waals surface area contributed by atoms with Gasteiger partial charge in [0.2, 0.25) is 5.91 Å². The third-order valence-electron chi connectivity index (χ3n) is 6.14. The summed E-state index contributed by atoms with van der Waals surface area (Å²) in [6.07, 6.45) is 0. The summed E-state index contributed by atoms with van der Waals surface area (Å²) in [4.78, 5) is 17.6. The normalized spacial score (nSPS) is 17.2. The van der Waals surface area contributed by atoms with E-state index >= 15 is 0 Å². The quantitative estimate of drug-likeness (QED) is 0.735. The van der Waals surface area contributed by atoms with E-state index in [1.54, 1.807) is 0 Å². The zero-order valence-corrected chi connectivity index (χ0v) is 17.1. The number of piperazine rings is 1. The van der Waals surface area contributed by atoms with Gasteiger partial charge in [-0.05, 0) is 44.7 Å². The van der Waals surface area contributed by atoms with Crippen molar-refractivity contribution in [2.45, 2.75) is 33.4 Å². The molecule has 5 nitrogen and oxygen atoms in total. The van der Waals surface area contributed by atoms with Crippen LogP contribution in [0.5, 0.6) is 0 Å². The summed E-state index contributed by atoms with van der Waals surface area (Å²) in [7, 11) is 0. The fraction of sp³-hybridized carbons (Fsp3) is 0.435. The lowest BCUT2D eigenvalue weighted by Crippen LogP contribution is -2.52. The minimum absolute atomic E-state index is 0.0727. The second-order valence-corrected chi connectivity index (χ2v) is 7.63. The Bertz CT molecular complexity index is 985. The zero-order chi connectivity index (χ0) is 19.7. The van der Waals surface area contributed by atoms with Crippen LogP contribution in [0.15, 0.2) is 42.5 Å². The van der Waals surface area contributed by atoms with Gasteiger partial charge in [-0.1, -0.05) is 25.1 Å². The number of rotatable bonds is 5. The van der Waals surface area contributed by atoms with E-state index in [1.807, 2.05) is 13.0 Å². The van der Waals surface area contributed by atoms with Crippen molar-refractivity contribution < 1.29 is 4.79 Å². The van der Waals surface area contributed by atoms with Crippen LogP contribution in [-0.4, -0.2) is 59.0 Å². The van der Waals surface area contributed by atoms with Gasteiger partial charge in [0.15, 0.2) is 0 Å². The van der Waals surface area contributed by atoms with Crippen LogP contribution in [-0.2, 0) is 11.3 Å². The highest BCUT2D eigenvalue weighted by molar-refractivity contribution is 6.10. The molecule has 1 atom stereocenters. The highest BCUT2D eigenvalue weighted by Crippen LogP contribution is 2.31. The van der Waals surface area contributed by atoms with Gasteiger partial charge >= 0.3 is 0 Å². The van der Waals surface area contributed by atoms with Gasteiger partial charge in [0, 0.05) is 60.2 Å². The van der Waals surface area contributed by atoms with Crippen molar-refractivity contribution >= 4 is 33.4 Å². The smallest absolute Gasteiger partial charge is 0.241 e. The standard InChI is InChI=1S/C23H30N4O/c1-4-25-12-14-26(15-13-25)17(3)23(28)24-18-10-11-22-20(16-18)19-8-6-7-9-21(19)27(22)5-2/h6-11,16-17H,4-5,12-15H2,1-3H3,(H,24,28). The highest BCUT2D eigenvalue weighted by Gasteiger charge is 2.25. The third kappa shape index (κ3) is 3.40. The molecule has 1 saturated heterocycles. The Hall–Kier alpha value is -2.37. The van der Waals surface area contributed by atoms with Crippen LogP contribution < -0.4 is 5.32 Å². The Morgan fingerprint density at radius 1 is 0.964 bits per heavy atom. The van der Waals surface area contributed by atoms with Crippen LogP contribution in [0, 0.1) is 0 Å².